The van der Waals surface area contributed by atoms with Crippen LogP contribution in [-0.4, -0.2) is 24.5 Å². The highest BCUT2D eigenvalue weighted by atomic mass is 15.2. The zero-order valence-electron chi connectivity index (χ0n) is 14.3. The Kier molecular flexibility index (Phi) is 5.83. The summed E-state index contributed by atoms with van der Waals surface area (Å²) < 4.78 is 0. The Labute approximate surface area is 130 Å². The first-order valence-corrected chi connectivity index (χ1v) is 8.60. The topological polar surface area (TPSA) is 29.3 Å². The second-order valence-electron chi connectivity index (χ2n) is 6.78. The first kappa shape index (κ1) is 16.5. The fraction of sp³-hybridized carbons (Fsp3) is 0.684. The summed E-state index contributed by atoms with van der Waals surface area (Å²) in [6, 6.07) is 5.19. The van der Waals surface area contributed by atoms with Crippen LogP contribution < -0.4 is 5.73 Å². The van der Waals surface area contributed by atoms with Crippen LogP contribution in [0.5, 0.6) is 0 Å². The minimum atomic E-state index is 0.512. The monoisotopic (exact) mass is 288 g/mol. The van der Waals surface area contributed by atoms with E-state index in [4.69, 9.17) is 5.73 Å². The van der Waals surface area contributed by atoms with E-state index in [9.17, 15) is 0 Å². The van der Waals surface area contributed by atoms with E-state index in [2.05, 4.69) is 44.7 Å². The van der Waals surface area contributed by atoms with Crippen LogP contribution in [0, 0.1) is 26.7 Å². The van der Waals surface area contributed by atoms with Crippen molar-refractivity contribution in [3.8, 4) is 0 Å². The molecule has 0 radical (unpaired) electrons. The Hall–Kier alpha value is -0.860. The van der Waals surface area contributed by atoms with E-state index < -0.39 is 0 Å². The number of hydrogen-bond donors (Lipinski definition) is 1. The summed E-state index contributed by atoms with van der Waals surface area (Å²) in [5.74, 6) is 0.596. The molecule has 2 N–H and O–H groups in total. The summed E-state index contributed by atoms with van der Waals surface area (Å²) in [6.45, 7) is 12.2. The highest BCUT2D eigenvalue weighted by molar-refractivity contribution is 5.40. The molecule has 2 nitrogen and oxygen atoms in total. The molecule has 2 unspecified atom stereocenters. The molecule has 2 heteroatoms. The minimum absolute atomic E-state index is 0.512. The van der Waals surface area contributed by atoms with Crippen LogP contribution >= 0.6 is 0 Å². The lowest BCUT2D eigenvalue weighted by atomic mass is 9.84. The van der Waals surface area contributed by atoms with Gasteiger partial charge in [0.2, 0.25) is 0 Å². The molecular weight excluding hydrogens is 256 g/mol. The van der Waals surface area contributed by atoms with Gasteiger partial charge in [-0.05, 0) is 82.3 Å². The minimum Gasteiger partial charge on any atom is -0.330 e. The van der Waals surface area contributed by atoms with E-state index >= 15 is 0 Å². The Morgan fingerprint density at radius 2 is 1.81 bits per heavy atom. The van der Waals surface area contributed by atoms with Crippen molar-refractivity contribution in [3.63, 3.8) is 0 Å². The van der Waals surface area contributed by atoms with Crippen LogP contribution in [0.2, 0.25) is 0 Å². The maximum absolute atomic E-state index is 6.16. The van der Waals surface area contributed by atoms with Gasteiger partial charge in [-0.3, -0.25) is 4.90 Å². The van der Waals surface area contributed by atoms with E-state index in [-0.39, 0.29) is 0 Å². The van der Waals surface area contributed by atoms with Crippen molar-refractivity contribution in [2.75, 3.05) is 19.6 Å². The Balaban J connectivity index is 2.47. The second kappa shape index (κ2) is 7.42. The van der Waals surface area contributed by atoms with Crippen LogP contribution in [0.25, 0.3) is 0 Å². The Morgan fingerprint density at radius 3 is 2.38 bits per heavy atom. The van der Waals surface area contributed by atoms with E-state index in [0.717, 1.165) is 6.54 Å². The maximum atomic E-state index is 6.16. The summed E-state index contributed by atoms with van der Waals surface area (Å²) >= 11 is 0. The van der Waals surface area contributed by atoms with Crippen LogP contribution in [0.15, 0.2) is 12.1 Å². The van der Waals surface area contributed by atoms with Gasteiger partial charge in [0, 0.05) is 6.04 Å². The maximum Gasteiger partial charge on any atom is 0.0393 e. The zero-order valence-corrected chi connectivity index (χ0v) is 14.3. The summed E-state index contributed by atoms with van der Waals surface area (Å²) in [6.07, 6.45) is 5.13. The first-order chi connectivity index (χ1) is 10.1. The van der Waals surface area contributed by atoms with Gasteiger partial charge in [0.15, 0.2) is 0 Å². The normalized spacial score (nSPS) is 24.0. The number of benzene rings is 1. The summed E-state index contributed by atoms with van der Waals surface area (Å²) in [7, 11) is 0. The third-order valence-electron chi connectivity index (χ3n) is 4.96. The molecule has 0 aliphatic carbocycles. The third-order valence-corrected chi connectivity index (χ3v) is 4.96. The molecule has 1 fully saturated rings. The van der Waals surface area contributed by atoms with Gasteiger partial charge in [0.1, 0.15) is 0 Å². The average Bonchev–Trinajstić information content (AvgIpc) is 2.61. The number of hydrogen-bond acceptors (Lipinski definition) is 2. The van der Waals surface area contributed by atoms with E-state index in [1.54, 1.807) is 5.56 Å². The van der Waals surface area contributed by atoms with Gasteiger partial charge in [-0.25, -0.2) is 0 Å². The first-order valence-electron chi connectivity index (χ1n) is 8.60. The molecule has 21 heavy (non-hydrogen) atoms. The van der Waals surface area contributed by atoms with Gasteiger partial charge in [0.25, 0.3) is 0 Å². The number of nitrogens with zero attached hydrogens (tertiary/aromatic N) is 1. The summed E-state index contributed by atoms with van der Waals surface area (Å²) in [4.78, 5) is 2.70. The molecule has 0 aromatic heterocycles. The molecule has 0 bridgehead atoms. The highest BCUT2D eigenvalue weighted by Gasteiger charge is 2.31. The molecule has 1 aromatic rings. The number of aryl methyl sites for hydroxylation is 3. The van der Waals surface area contributed by atoms with Crippen molar-refractivity contribution < 1.29 is 0 Å². The molecule has 2 rings (SSSR count). The molecule has 1 aromatic carbocycles. The lowest BCUT2D eigenvalue weighted by Crippen LogP contribution is -2.37. The summed E-state index contributed by atoms with van der Waals surface area (Å²) in [5, 5.41) is 0. The van der Waals surface area contributed by atoms with Crippen molar-refractivity contribution in [2.24, 2.45) is 11.7 Å². The molecular formula is C19H32N2. The Morgan fingerprint density at radius 1 is 1.14 bits per heavy atom. The molecule has 1 aliphatic rings. The predicted octanol–water partition coefficient (Wildman–Crippen LogP) is 4.12. The van der Waals surface area contributed by atoms with Gasteiger partial charge >= 0.3 is 0 Å². The molecule has 118 valence electrons. The van der Waals surface area contributed by atoms with Crippen LogP contribution in [-0.2, 0) is 0 Å². The molecule has 2 atom stereocenters. The van der Waals surface area contributed by atoms with E-state index in [1.807, 2.05) is 0 Å². The third kappa shape index (κ3) is 3.67. The van der Waals surface area contributed by atoms with E-state index in [0.29, 0.717) is 12.0 Å². The highest BCUT2D eigenvalue weighted by Crippen LogP contribution is 2.38. The van der Waals surface area contributed by atoms with E-state index in [1.165, 1.54) is 55.5 Å². The molecule has 0 amide bonds. The lowest BCUT2D eigenvalue weighted by Gasteiger charge is -2.37. The van der Waals surface area contributed by atoms with Crippen LogP contribution in [0.1, 0.15) is 60.9 Å². The van der Waals surface area contributed by atoms with Crippen molar-refractivity contribution in [2.45, 2.75) is 59.4 Å². The largest absolute Gasteiger partial charge is 0.330 e. The smallest absolute Gasteiger partial charge is 0.0393 e. The number of likely N-dealkylation sites (tertiary alicyclic amines) is 1. The van der Waals surface area contributed by atoms with Crippen molar-refractivity contribution in [1.82, 2.24) is 4.90 Å². The SMILES string of the molecule is CCCN1CCCCC(CN)C1c1c(C)cc(C)cc1C. The molecule has 1 saturated heterocycles. The Bertz CT molecular complexity index is 444. The number of rotatable bonds is 4. The van der Waals surface area contributed by atoms with Gasteiger partial charge < -0.3 is 5.73 Å². The molecule has 0 saturated carbocycles. The van der Waals surface area contributed by atoms with Crippen molar-refractivity contribution >= 4 is 0 Å². The van der Waals surface area contributed by atoms with Crippen molar-refractivity contribution in [1.29, 1.82) is 0 Å². The molecule has 1 heterocycles. The van der Waals surface area contributed by atoms with Crippen molar-refractivity contribution in [3.05, 3.63) is 34.4 Å². The standard InChI is InChI=1S/C19H32N2/c1-5-9-21-10-7-6-8-17(13-20)19(21)18-15(3)11-14(2)12-16(18)4/h11-12,17,19H,5-10,13,20H2,1-4H3. The lowest BCUT2D eigenvalue weighted by molar-refractivity contribution is 0.157. The van der Waals surface area contributed by atoms with Gasteiger partial charge in [0.05, 0.1) is 0 Å². The van der Waals surface area contributed by atoms with Gasteiger partial charge in [-0.15, -0.1) is 0 Å². The van der Waals surface area contributed by atoms with Crippen LogP contribution in [0.4, 0.5) is 0 Å². The predicted molar refractivity (Wildman–Crippen MR) is 91.7 cm³/mol. The molecule has 1 aliphatic heterocycles. The second-order valence-corrected chi connectivity index (χ2v) is 6.78. The molecule has 0 spiro atoms. The van der Waals surface area contributed by atoms with Gasteiger partial charge in [-0.1, -0.05) is 31.0 Å². The summed E-state index contributed by atoms with van der Waals surface area (Å²) in [5.41, 5.74) is 12.0. The van der Waals surface area contributed by atoms with Crippen LogP contribution in [0.3, 0.4) is 0 Å². The number of nitrogens with two attached hydrogens (primary N) is 1. The fourth-order valence-corrected chi connectivity index (χ4v) is 4.18. The quantitative estimate of drug-likeness (QED) is 0.903. The average molecular weight is 288 g/mol. The zero-order chi connectivity index (χ0) is 15.4. The fourth-order valence-electron chi connectivity index (χ4n) is 4.18. The van der Waals surface area contributed by atoms with Gasteiger partial charge in [-0.2, -0.15) is 0 Å².